The summed E-state index contributed by atoms with van der Waals surface area (Å²) < 4.78 is 0. The van der Waals surface area contributed by atoms with Crippen molar-refractivity contribution in [3.05, 3.63) is 64.8 Å². The smallest absolute Gasteiger partial charge is 0.0726 e. The minimum absolute atomic E-state index is 0.769. The lowest BCUT2D eigenvalue weighted by atomic mass is 10.1. The molecule has 0 aliphatic rings. The first-order chi connectivity index (χ1) is 9.63. The molecular formula is C17H15ClN2. The molecule has 1 heterocycles. The first-order valence-corrected chi connectivity index (χ1v) is 6.91. The molecule has 1 N–H and O–H groups in total. The fourth-order valence-electron chi connectivity index (χ4n) is 2.24. The molecule has 0 atom stereocenters. The summed E-state index contributed by atoms with van der Waals surface area (Å²) in [5.74, 6) is 0. The molecule has 0 saturated carbocycles. The Labute approximate surface area is 123 Å². The number of hydrogen-bond acceptors (Lipinski definition) is 2. The summed E-state index contributed by atoms with van der Waals surface area (Å²) in [5.41, 5.74) is 5.09. The van der Waals surface area contributed by atoms with Crippen LogP contribution < -0.4 is 5.32 Å². The maximum Gasteiger partial charge on any atom is 0.0726 e. The number of hydrogen-bond donors (Lipinski definition) is 1. The van der Waals surface area contributed by atoms with Gasteiger partial charge in [-0.1, -0.05) is 35.9 Å². The second-order valence-corrected chi connectivity index (χ2v) is 5.32. The van der Waals surface area contributed by atoms with E-state index in [9.17, 15) is 0 Å². The zero-order valence-electron chi connectivity index (χ0n) is 11.4. The normalized spacial score (nSPS) is 10.8. The third kappa shape index (κ3) is 2.47. The number of pyridine rings is 1. The number of nitrogens with one attached hydrogen (secondary N) is 1. The van der Waals surface area contributed by atoms with Gasteiger partial charge in [-0.05, 0) is 43.7 Å². The summed E-state index contributed by atoms with van der Waals surface area (Å²) in [4.78, 5) is 4.54. The molecule has 20 heavy (non-hydrogen) atoms. The van der Waals surface area contributed by atoms with E-state index in [2.05, 4.69) is 22.4 Å². The van der Waals surface area contributed by atoms with Crippen molar-refractivity contribution in [3.8, 4) is 0 Å². The van der Waals surface area contributed by atoms with E-state index in [1.54, 1.807) is 0 Å². The zero-order chi connectivity index (χ0) is 14.1. The standard InChI is InChI=1S/C17H15ClN2/c1-11-7-8-13(10-15(11)18)20-17-9-12(2)19-16-6-4-3-5-14(16)17/h3-10H,1-2H3,(H,19,20). The summed E-state index contributed by atoms with van der Waals surface area (Å²) in [6.45, 7) is 4.00. The Bertz CT molecular complexity index is 781. The number of anilines is 2. The molecule has 0 unspecified atom stereocenters. The van der Waals surface area contributed by atoms with Gasteiger partial charge in [0.1, 0.15) is 0 Å². The molecule has 0 aliphatic heterocycles. The topological polar surface area (TPSA) is 24.9 Å². The minimum atomic E-state index is 0.769. The predicted octanol–water partition coefficient (Wildman–Crippen LogP) is 5.25. The van der Waals surface area contributed by atoms with Crippen molar-refractivity contribution >= 4 is 33.9 Å². The second kappa shape index (κ2) is 5.14. The van der Waals surface area contributed by atoms with Crippen LogP contribution in [0.3, 0.4) is 0 Å². The van der Waals surface area contributed by atoms with E-state index in [4.69, 9.17) is 11.6 Å². The van der Waals surface area contributed by atoms with Crippen molar-refractivity contribution in [1.29, 1.82) is 0 Å². The molecule has 0 fully saturated rings. The van der Waals surface area contributed by atoms with E-state index in [0.29, 0.717) is 0 Å². The lowest BCUT2D eigenvalue weighted by Gasteiger charge is -2.11. The van der Waals surface area contributed by atoms with Crippen LogP contribution in [0.25, 0.3) is 10.9 Å². The third-order valence-corrected chi connectivity index (χ3v) is 3.70. The molecule has 2 aromatic carbocycles. The van der Waals surface area contributed by atoms with E-state index >= 15 is 0 Å². The van der Waals surface area contributed by atoms with Gasteiger partial charge in [0.2, 0.25) is 0 Å². The van der Waals surface area contributed by atoms with Crippen molar-refractivity contribution in [2.24, 2.45) is 0 Å². The van der Waals surface area contributed by atoms with Crippen LogP contribution in [0.5, 0.6) is 0 Å². The molecule has 0 spiro atoms. The number of nitrogens with zero attached hydrogens (tertiary/aromatic N) is 1. The monoisotopic (exact) mass is 282 g/mol. The quantitative estimate of drug-likeness (QED) is 0.694. The molecule has 100 valence electrons. The second-order valence-electron chi connectivity index (χ2n) is 4.92. The molecule has 1 aromatic heterocycles. The highest BCUT2D eigenvalue weighted by molar-refractivity contribution is 6.31. The van der Waals surface area contributed by atoms with Gasteiger partial charge in [0, 0.05) is 27.5 Å². The van der Waals surface area contributed by atoms with Crippen molar-refractivity contribution < 1.29 is 0 Å². The molecule has 0 amide bonds. The maximum absolute atomic E-state index is 6.18. The summed E-state index contributed by atoms with van der Waals surface area (Å²) >= 11 is 6.18. The summed E-state index contributed by atoms with van der Waals surface area (Å²) in [6.07, 6.45) is 0. The van der Waals surface area contributed by atoms with Crippen molar-refractivity contribution in [2.75, 3.05) is 5.32 Å². The molecule has 0 bridgehead atoms. The van der Waals surface area contributed by atoms with Crippen LogP contribution in [0.4, 0.5) is 11.4 Å². The van der Waals surface area contributed by atoms with Crippen LogP contribution >= 0.6 is 11.6 Å². The van der Waals surface area contributed by atoms with Crippen molar-refractivity contribution in [3.63, 3.8) is 0 Å². The van der Waals surface area contributed by atoms with Crippen LogP contribution in [0.1, 0.15) is 11.3 Å². The van der Waals surface area contributed by atoms with Gasteiger partial charge in [-0.2, -0.15) is 0 Å². The maximum atomic E-state index is 6.18. The van der Waals surface area contributed by atoms with E-state index in [-0.39, 0.29) is 0 Å². The molecule has 3 rings (SSSR count). The Morgan fingerprint density at radius 1 is 1.00 bits per heavy atom. The number of halogens is 1. The van der Waals surface area contributed by atoms with Gasteiger partial charge >= 0.3 is 0 Å². The molecule has 0 aliphatic carbocycles. The van der Waals surface area contributed by atoms with Gasteiger partial charge in [-0.25, -0.2) is 0 Å². The first kappa shape index (κ1) is 12.9. The van der Waals surface area contributed by atoms with E-state index in [1.807, 2.05) is 50.2 Å². The lowest BCUT2D eigenvalue weighted by molar-refractivity contribution is 1.25. The van der Waals surface area contributed by atoms with Crippen molar-refractivity contribution in [1.82, 2.24) is 4.98 Å². The highest BCUT2D eigenvalue weighted by Gasteiger charge is 2.05. The third-order valence-electron chi connectivity index (χ3n) is 3.30. The average Bonchev–Trinajstić information content (AvgIpc) is 2.43. The minimum Gasteiger partial charge on any atom is -0.355 e. The van der Waals surface area contributed by atoms with Crippen LogP contribution in [-0.2, 0) is 0 Å². The van der Waals surface area contributed by atoms with Gasteiger partial charge in [0.05, 0.1) is 5.52 Å². The first-order valence-electron chi connectivity index (χ1n) is 6.53. The lowest BCUT2D eigenvalue weighted by Crippen LogP contribution is -1.95. The molecule has 2 nitrogen and oxygen atoms in total. The highest BCUT2D eigenvalue weighted by atomic mass is 35.5. The fraction of sp³-hybridized carbons (Fsp3) is 0.118. The predicted molar refractivity (Wildman–Crippen MR) is 86.0 cm³/mol. The van der Waals surface area contributed by atoms with Crippen LogP contribution in [-0.4, -0.2) is 4.98 Å². The number of rotatable bonds is 2. The highest BCUT2D eigenvalue weighted by Crippen LogP contribution is 2.28. The van der Waals surface area contributed by atoms with Crippen LogP contribution in [0, 0.1) is 13.8 Å². The van der Waals surface area contributed by atoms with E-state index < -0.39 is 0 Å². The Kier molecular flexibility index (Phi) is 3.33. The molecular weight excluding hydrogens is 268 g/mol. The van der Waals surface area contributed by atoms with E-state index in [1.165, 1.54) is 0 Å². The summed E-state index contributed by atoms with van der Waals surface area (Å²) in [6, 6.07) is 16.2. The average molecular weight is 283 g/mol. The molecule has 3 heteroatoms. The number of benzene rings is 2. The fourth-order valence-corrected chi connectivity index (χ4v) is 2.42. The summed E-state index contributed by atoms with van der Waals surface area (Å²) in [7, 11) is 0. The molecule has 0 saturated heterocycles. The number of fused-ring (bicyclic) bond motifs is 1. The van der Waals surface area contributed by atoms with Gasteiger partial charge < -0.3 is 5.32 Å². The molecule has 0 radical (unpaired) electrons. The van der Waals surface area contributed by atoms with E-state index in [0.717, 1.165) is 38.6 Å². The van der Waals surface area contributed by atoms with Crippen LogP contribution in [0.15, 0.2) is 48.5 Å². The van der Waals surface area contributed by atoms with Gasteiger partial charge in [0.25, 0.3) is 0 Å². The largest absolute Gasteiger partial charge is 0.355 e. The Morgan fingerprint density at radius 3 is 2.60 bits per heavy atom. The van der Waals surface area contributed by atoms with Gasteiger partial charge in [0.15, 0.2) is 0 Å². The SMILES string of the molecule is Cc1cc(Nc2ccc(C)c(Cl)c2)c2ccccc2n1. The Balaban J connectivity index is 2.07. The van der Waals surface area contributed by atoms with Gasteiger partial charge in [-0.15, -0.1) is 0 Å². The number of aromatic nitrogens is 1. The number of aryl methyl sites for hydroxylation is 2. The Hall–Kier alpha value is -2.06. The molecule has 3 aromatic rings. The Morgan fingerprint density at radius 2 is 1.80 bits per heavy atom. The van der Waals surface area contributed by atoms with Crippen molar-refractivity contribution in [2.45, 2.75) is 13.8 Å². The zero-order valence-corrected chi connectivity index (χ0v) is 12.2. The summed E-state index contributed by atoms with van der Waals surface area (Å²) in [5, 5.41) is 5.31. The number of para-hydroxylation sites is 1. The van der Waals surface area contributed by atoms with Crippen LogP contribution in [0.2, 0.25) is 5.02 Å². The van der Waals surface area contributed by atoms with Gasteiger partial charge in [-0.3, -0.25) is 4.98 Å².